The van der Waals surface area contributed by atoms with E-state index in [1.54, 1.807) is 23.4 Å². The van der Waals surface area contributed by atoms with E-state index >= 15 is 0 Å². The molecular weight excluding hydrogens is 360 g/mol. The zero-order valence-corrected chi connectivity index (χ0v) is 15.2. The van der Waals surface area contributed by atoms with Gasteiger partial charge in [-0.3, -0.25) is 9.78 Å². The molecule has 2 heterocycles. The summed E-state index contributed by atoms with van der Waals surface area (Å²) in [5.74, 6) is -0.627. The predicted octanol–water partition coefficient (Wildman–Crippen LogP) is 4.79. The number of benzene rings is 2. The van der Waals surface area contributed by atoms with Gasteiger partial charge in [0.2, 0.25) is 0 Å². The van der Waals surface area contributed by atoms with Crippen molar-refractivity contribution < 1.29 is 9.90 Å². The van der Waals surface area contributed by atoms with Crippen molar-refractivity contribution >= 4 is 23.1 Å². The smallest absolute Gasteiger partial charge is 0.290 e. The molecule has 4 rings (SSSR count). The molecule has 2 aromatic carbocycles. The monoisotopic (exact) mass is 376 g/mol. The van der Waals surface area contributed by atoms with Gasteiger partial charge >= 0.3 is 0 Å². The molecule has 0 radical (unpaired) electrons. The molecule has 134 valence electrons. The van der Waals surface area contributed by atoms with Crippen molar-refractivity contribution in [3.8, 4) is 0 Å². The van der Waals surface area contributed by atoms with E-state index in [0.717, 1.165) is 16.7 Å². The highest BCUT2D eigenvalue weighted by Crippen LogP contribution is 2.44. The van der Waals surface area contributed by atoms with Crippen molar-refractivity contribution in [1.29, 1.82) is 0 Å². The van der Waals surface area contributed by atoms with Crippen molar-refractivity contribution in [1.82, 2.24) is 9.88 Å². The van der Waals surface area contributed by atoms with Crippen molar-refractivity contribution in [2.24, 2.45) is 0 Å². The molecule has 1 aliphatic heterocycles. The second-order valence-corrected chi connectivity index (χ2v) is 6.82. The van der Waals surface area contributed by atoms with Gasteiger partial charge in [0.05, 0.1) is 6.04 Å². The van der Waals surface area contributed by atoms with Crippen LogP contribution in [0.5, 0.6) is 0 Å². The van der Waals surface area contributed by atoms with E-state index < -0.39 is 11.9 Å². The molecule has 0 saturated heterocycles. The average molecular weight is 377 g/mol. The number of amides is 1. The van der Waals surface area contributed by atoms with Gasteiger partial charge in [-0.25, -0.2) is 0 Å². The van der Waals surface area contributed by atoms with E-state index in [1.165, 1.54) is 0 Å². The molecule has 0 aliphatic carbocycles. The topological polar surface area (TPSA) is 53.4 Å². The molecule has 1 N–H and O–H groups in total. The third kappa shape index (κ3) is 3.32. The minimum absolute atomic E-state index is 0.227. The summed E-state index contributed by atoms with van der Waals surface area (Å²) in [6.07, 6.45) is 3.41. The number of pyridine rings is 1. The second kappa shape index (κ2) is 7.25. The van der Waals surface area contributed by atoms with Crippen molar-refractivity contribution in [3.05, 3.63) is 107 Å². The number of hydrogen-bond donors (Lipinski definition) is 1. The molecular formula is C22H17ClN2O2. The molecule has 1 atom stereocenters. The number of nitrogens with zero attached hydrogens (tertiary/aromatic N) is 2. The van der Waals surface area contributed by atoms with E-state index in [4.69, 9.17) is 11.6 Å². The van der Waals surface area contributed by atoms with Gasteiger partial charge in [-0.1, -0.05) is 60.1 Å². The van der Waals surface area contributed by atoms with Gasteiger partial charge in [-0.2, -0.15) is 0 Å². The number of aliphatic hydroxyl groups is 1. The lowest BCUT2D eigenvalue weighted by atomic mass is 9.93. The fourth-order valence-electron chi connectivity index (χ4n) is 3.44. The Morgan fingerprint density at radius 3 is 2.56 bits per heavy atom. The van der Waals surface area contributed by atoms with Crippen molar-refractivity contribution in [2.45, 2.75) is 12.6 Å². The number of carbonyl (C=O) groups is 1. The first kappa shape index (κ1) is 17.3. The third-order valence-electron chi connectivity index (χ3n) is 4.63. The van der Waals surface area contributed by atoms with E-state index in [1.807, 2.05) is 60.7 Å². The maximum absolute atomic E-state index is 12.9. The number of carbonyl (C=O) groups excluding carboxylic acids is 1. The standard InChI is InChI=1S/C22H17ClN2O2/c23-18-10-4-9-17(12-18)20-19(16-7-2-1-3-8-16)21(26)22(27)25(20)14-15-6-5-11-24-13-15/h1-13,20,26H,14H2. The summed E-state index contributed by atoms with van der Waals surface area (Å²) < 4.78 is 0. The average Bonchev–Trinajstić information content (AvgIpc) is 2.94. The SMILES string of the molecule is O=C1C(O)=C(c2ccccc2)C(c2cccc(Cl)c2)N1Cc1cccnc1. The summed E-state index contributed by atoms with van der Waals surface area (Å²) >= 11 is 6.21. The lowest BCUT2D eigenvalue weighted by molar-refractivity contribution is -0.130. The molecule has 0 fully saturated rings. The van der Waals surface area contributed by atoms with Gasteiger partial charge in [-0.15, -0.1) is 0 Å². The third-order valence-corrected chi connectivity index (χ3v) is 4.86. The zero-order chi connectivity index (χ0) is 18.8. The first-order valence-corrected chi connectivity index (χ1v) is 8.97. The van der Waals surface area contributed by atoms with Gasteiger partial charge in [0.25, 0.3) is 5.91 Å². The lowest BCUT2D eigenvalue weighted by Gasteiger charge is -2.27. The second-order valence-electron chi connectivity index (χ2n) is 6.38. The van der Waals surface area contributed by atoms with E-state index in [2.05, 4.69) is 4.98 Å². The molecule has 0 bridgehead atoms. The Morgan fingerprint density at radius 2 is 1.85 bits per heavy atom. The van der Waals surface area contributed by atoms with Crippen LogP contribution in [0.1, 0.15) is 22.7 Å². The van der Waals surface area contributed by atoms with Crippen LogP contribution in [0.15, 0.2) is 84.9 Å². The summed E-state index contributed by atoms with van der Waals surface area (Å²) in [6, 6.07) is 20.2. The first-order chi connectivity index (χ1) is 13.1. The summed E-state index contributed by atoms with van der Waals surface area (Å²) in [6.45, 7) is 0.338. The van der Waals surface area contributed by atoms with Crippen molar-refractivity contribution in [3.63, 3.8) is 0 Å². The fourth-order valence-corrected chi connectivity index (χ4v) is 3.64. The van der Waals surface area contributed by atoms with Crippen molar-refractivity contribution in [2.75, 3.05) is 0 Å². The van der Waals surface area contributed by atoms with E-state index in [-0.39, 0.29) is 5.76 Å². The molecule has 3 aromatic rings. The molecule has 4 nitrogen and oxygen atoms in total. The Balaban J connectivity index is 1.83. The Morgan fingerprint density at radius 1 is 1.04 bits per heavy atom. The molecule has 27 heavy (non-hydrogen) atoms. The highest BCUT2D eigenvalue weighted by molar-refractivity contribution is 6.30. The zero-order valence-electron chi connectivity index (χ0n) is 14.4. The van der Waals surface area contributed by atoms with Crippen LogP contribution >= 0.6 is 11.6 Å². The van der Waals surface area contributed by atoms with Gasteiger partial charge in [-0.05, 0) is 34.9 Å². The summed E-state index contributed by atoms with van der Waals surface area (Å²) in [5, 5.41) is 11.3. The predicted molar refractivity (Wildman–Crippen MR) is 105 cm³/mol. The minimum atomic E-state index is -0.432. The fraction of sp³-hybridized carbons (Fsp3) is 0.0909. The van der Waals surface area contributed by atoms with Crippen LogP contribution in [0.25, 0.3) is 5.57 Å². The maximum Gasteiger partial charge on any atom is 0.290 e. The quantitative estimate of drug-likeness (QED) is 0.712. The molecule has 1 aromatic heterocycles. The van der Waals surface area contributed by atoms with E-state index in [9.17, 15) is 9.90 Å². The molecule has 1 aliphatic rings. The highest BCUT2D eigenvalue weighted by atomic mass is 35.5. The number of rotatable bonds is 4. The Kier molecular flexibility index (Phi) is 4.65. The van der Waals surface area contributed by atoms with Crippen LogP contribution in [0.3, 0.4) is 0 Å². The Bertz CT molecular complexity index is 1000. The number of aromatic nitrogens is 1. The van der Waals surface area contributed by atoms with Gasteiger partial charge in [0.1, 0.15) is 0 Å². The Hall–Kier alpha value is -3.11. The first-order valence-electron chi connectivity index (χ1n) is 8.59. The summed E-state index contributed by atoms with van der Waals surface area (Å²) in [5.41, 5.74) is 3.14. The molecule has 0 saturated carbocycles. The normalized spacial score (nSPS) is 16.9. The molecule has 1 unspecified atom stereocenters. The van der Waals surface area contributed by atoms with E-state index in [0.29, 0.717) is 17.1 Å². The van der Waals surface area contributed by atoms with Crippen LogP contribution < -0.4 is 0 Å². The maximum atomic E-state index is 12.9. The summed E-state index contributed by atoms with van der Waals surface area (Å²) in [7, 11) is 0. The van der Waals surface area contributed by atoms with Gasteiger partial charge < -0.3 is 10.0 Å². The number of hydrogen-bond acceptors (Lipinski definition) is 3. The Labute approximate surface area is 162 Å². The van der Waals surface area contributed by atoms with Crippen LogP contribution in [-0.2, 0) is 11.3 Å². The van der Waals surface area contributed by atoms with Gasteiger partial charge in [0, 0.05) is 29.5 Å². The van der Waals surface area contributed by atoms with Crippen LogP contribution in [0.4, 0.5) is 0 Å². The largest absolute Gasteiger partial charge is 0.503 e. The highest BCUT2D eigenvalue weighted by Gasteiger charge is 2.41. The summed E-state index contributed by atoms with van der Waals surface area (Å²) in [4.78, 5) is 18.7. The molecule has 0 spiro atoms. The minimum Gasteiger partial charge on any atom is -0.503 e. The number of halogens is 1. The van der Waals surface area contributed by atoms with Gasteiger partial charge in [0.15, 0.2) is 5.76 Å². The lowest BCUT2D eigenvalue weighted by Crippen LogP contribution is -2.29. The van der Waals surface area contributed by atoms with Crippen LogP contribution in [0.2, 0.25) is 5.02 Å². The van der Waals surface area contributed by atoms with Crippen LogP contribution in [-0.4, -0.2) is 20.9 Å². The van der Waals surface area contributed by atoms with Crippen LogP contribution in [0, 0.1) is 0 Å². The number of aliphatic hydroxyl groups excluding tert-OH is 1. The molecule has 5 heteroatoms. The molecule has 1 amide bonds.